The van der Waals surface area contributed by atoms with Crippen LogP contribution in [0.25, 0.3) is 0 Å². The van der Waals surface area contributed by atoms with E-state index in [4.69, 9.17) is 19.8 Å². The van der Waals surface area contributed by atoms with Crippen LogP contribution >= 0.6 is 0 Å². The smallest absolute Gasteiger partial charge is 0.0383 e. The summed E-state index contributed by atoms with van der Waals surface area (Å²) in [5.74, 6) is -2.17. The SMILES string of the molecule is CC(=O)[O-].CC(=O)[O-].[Ni].[Ni]. The molecule has 0 atom stereocenters. The Labute approximate surface area is 78.8 Å². The third kappa shape index (κ3) is 71400. The molecular formula is C4H6Ni2O4-2. The van der Waals surface area contributed by atoms with Crippen molar-refractivity contribution in [3.63, 3.8) is 0 Å². The summed E-state index contributed by atoms with van der Waals surface area (Å²) in [6, 6.07) is 0. The second-order valence-corrected chi connectivity index (χ2v) is 0.983. The zero-order valence-corrected chi connectivity index (χ0v) is 7.24. The predicted molar refractivity (Wildman–Crippen MR) is 21.4 cm³/mol. The van der Waals surface area contributed by atoms with E-state index in [0.717, 1.165) is 13.8 Å². The van der Waals surface area contributed by atoms with E-state index in [1.54, 1.807) is 0 Å². The number of aliphatic carboxylic acids is 2. The van der Waals surface area contributed by atoms with Crippen LogP contribution in [0.4, 0.5) is 0 Å². The number of carbonyl (C=O) groups excluding carboxylic acids is 2. The summed E-state index contributed by atoms with van der Waals surface area (Å²) >= 11 is 0. The van der Waals surface area contributed by atoms with Gasteiger partial charge < -0.3 is 19.8 Å². The molecule has 0 aromatic carbocycles. The maximum Gasteiger partial charge on any atom is 0.0383 e. The van der Waals surface area contributed by atoms with Crippen molar-refractivity contribution in [2.75, 3.05) is 0 Å². The van der Waals surface area contributed by atoms with Crippen LogP contribution in [-0.4, -0.2) is 11.9 Å². The largest absolute Gasteiger partial charge is 0.550 e. The topological polar surface area (TPSA) is 80.3 Å². The Kier molecular flexibility index (Phi) is 36.0. The number of carboxylic acid groups (broad SMARTS) is 2. The van der Waals surface area contributed by atoms with Crippen LogP contribution in [0.1, 0.15) is 13.8 Å². The van der Waals surface area contributed by atoms with Gasteiger partial charge >= 0.3 is 0 Å². The van der Waals surface area contributed by atoms with Crippen LogP contribution in [0.15, 0.2) is 0 Å². The molecule has 0 rings (SSSR count). The minimum atomic E-state index is -1.08. The maximum absolute atomic E-state index is 8.89. The minimum absolute atomic E-state index is 0. The first-order chi connectivity index (χ1) is 3.46. The van der Waals surface area contributed by atoms with Gasteiger partial charge in [0.2, 0.25) is 0 Å². The second kappa shape index (κ2) is 16.0. The van der Waals surface area contributed by atoms with Crippen molar-refractivity contribution in [1.29, 1.82) is 0 Å². The van der Waals surface area contributed by atoms with Crippen LogP contribution in [0.3, 0.4) is 0 Å². The van der Waals surface area contributed by atoms with E-state index in [9.17, 15) is 0 Å². The van der Waals surface area contributed by atoms with Gasteiger partial charge in [0.1, 0.15) is 0 Å². The fourth-order valence-electron chi connectivity index (χ4n) is 0. The number of hydrogen-bond acceptors (Lipinski definition) is 4. The molecule has 0 N–H and O–H groups in total. The van der Waals surface area contributed by atoms with E-state index < -0.39 is 11.9 Å². The van der Waals surface area contributed by atoms with E-state index >= 15 is 0 Å². The average Bonchev–Trinajstić information content (AvgIpc) is 1.25. The molecule has 6 heteroatoms. The summed E-state index contributed by atoms with van der Waals surface area (Å²) < 4.78 is 0. The summed E-state index contributed by atoms with van der Waals surface area (Å²) in [5, 5.41) is 17.8. The van der Waals surface area contributed by atoms with E-state index in [1.165, 1.54) is 0 Å². The fraction of sp³-hybridized carbons (Fsp3) is 0.500. The van der Waals surface area contributed by atoms with Crippen molar-refractivity contribution in [3.05, 3.63) is 0 Å². The Balaban J connectivity index is -0.0000000300. The molecular weight excluding hydrogens is 229 g/mol. The molecule has 0 saturated heterocycles. The van der Waals surface area contributed by atoms with E-state index in [2.05, 4.69) is 0 Å². The van der Waals surface area contributed by atoms with Crippen molar-refractivity contribution in [2.45, 2.75) is 13.8 Å². The number of carbonyl (C=O) groups is 2. The predicted octanol–water partition coefficient (Wildman–Crippen LogP) is -2.49. The number of carboxylic acids is 2. The summed E-state index contributed by atoms with van der Waals surface area (Å²) in [6.45, 7) is 1.94. The molecule has 0 bridgehead atoms. The first-order valence-electron chi connectivity index (χ1n) is 1.82. The number of rotatable bonds is 0. The Morgan fingerprint density at radius 1 is 0.900 bits per heavy atom. The van der Waals surface area contributed by atoms with Crippen LogP contribution < -0.4 is 10.2 Å². The summed E-state index contributed by atoms with van der Waals surface area (Å²) in [6.07, 6.45) is 0. The number of hydrogen-bond donors (Lipinski definition) is 0. The Hall–Kier alpha value is -0.0730. The molecule has 0 aliphatic heterocycles. The van der Waals surface area contributed by atoms with Crippen molar-refractivity contribution < 1.29 is 52.8 Å². The Morgan fingerprint density at radius 2 is 0.900 bits per heavy atom. The fourth-order valence-corrected chi connectivity index (χ4v) is 0. The van der Waals surface area contributed by atoms with Crippen molar-refractivity contribution in [3.8, 4) is 0 Å². The van der Waals surface area contributed by atoms with Crippen molar-refractivity contribution >= 4 is 11.9 Å². The van der Waals surface area contributed by atoms with Gasteiger partial charge in [0.15, 0.2) is 0 Å². The normalized spacial score (nSPS) is 5.00. The molecule has 4 nitrogen and oxygen atoms in total. The molecule has 0 amide bonds. The average molecular weight is 235 g/mol. The molecule has 0 radical (unpaired) electrons. The first-order valence-corrected chi connectivity index (χ1v) is 1.82. The minimum Gasteiger partial charge on any atom is -0.550 e. The third-order valence-electron chi connectivity index (χ3n) is 0. The Bertz CT molecular complexity index is 73.3. The quantitative estimate of drug-likeness (QED) is 0.435. The van der Waals surface area contributed by atoms with Gasteiger partial charge in [0.25, 0.3) is 0 Å². The molecule has 0 heterocycles. The monoisotopic (exact) mass is 234 g/mol. The van der Waals surface area contributed by atoms with Gasteiger partial charge in [-0.3, -0.25) is 0 Å². The summed E-state index contributed by atoms with van der Waals surface area (Å²) in [4.78, 5) is 17.8. The summed E-state index contributed by atoms with van der Waals surface area (Å²) in [5.41, 5.74) is 0. The molecule has 0 unspecified atom stereocenters. The molecule has 68 valence electrons. The molecule has 0 aliphatic carbocycles. The van der Waals surface area contributed by atoms with Crippen LogP contribution in [0, 0.1) is 0 Å². The van der Waals surface area contributed by atoms with Crippen LogP contribution in [0.5, 0.6) is 0 Å². The van der Waals surface area contributed by atoms with Gasteiger partial charge in [-0.2, -0.15) is 0 Å². The standard InChI is InChI=1S/2C2H4O2.2Ni/c2*1-2(3)4;;/h2*1H3,(H,3,4);;/p-2. The molecule has 0 aliphatic rings. The first kappa shape index (κ1) is 22.5. The van der Waals surface area contributed by atoms with E-state index in [0.29, 0.717) is 0 Å². The van der Waals surface area contributed by atoms with Crippen molar-refractivity contribution in [1.82, 2.24) is 0 Å². The zero-order chi connectivity index (χ0) is 7.15. The molecule has 0 aromatic rings. The third-order valence-corrected chi connectivity index (χ3v) is 0. The van der Waals surface area contributed by atoms with Crippen LogP contribution in [-0.2, 0) is 42.6 Å². The molecule has 0 spiro atoms. The molecule has 0 fully saturated rings. The molecule has 0 saturated carbocycles. The van der Waals surface area contributed by atoms with Crippen LogP contribution in [0.2, 0.25) is 0 Å². The molecule has 0 aromatic heterocycles. The van der Waals surface area contributed by atoms with Crippen molar-refractivity contribution in [2.24, 2.45) is 0 Å². The Morgan fingerprint density at radius 3 is 0.900 bits per heavy atom. The van der Waals surface area contributed by atoms with E-state index in [-0.39, 0.29) is 33.0 Å². The van der Waals surface area contributed by atoms with Gasteiger partial charge in [0.05, 0.1) is 0 Å². The second-order valence-electron chi connectivity index (χ2n) is 0.983. The van der Waals surface area contributed by atoms with Gasteiger partial charge in [-0.15, -0.1) is 0 Å². The van der Waals surface area contributed by atoms with Gasteiger partial charge in [0, 0.05) is 44.9 Å². The van der Waals surface area contributed by atoms with E-state index in [1.807, 2.05) is 0 Å². The maximum atomic E-state index is 8.89. The van der Waals surface area contributed by atoms with Gasteiger partial charge in [-0.1, -0.05) is 0 Å². The summed E-state index contributed by atoms with van der Waals surface area (Å²) in [7, 11) is 0. The van der Waals surface area contributed by atoms with Gasteiger partial charge in [-0.05, 0) is 13.8 Å². The zero-order valence-electron chi connectivity index (χ0n) is 5.27. The van der Waals surface area contributed by atoms with Gasteiger partial charge in [-0.25, -0.2) is 0 Å². The molecule has 10 heavy (non-hydrogen) atoms.